The zero-order valence-corrected chi connectivity index (χ0v) is 18.1. The fourth-order valence-electron chi connectivity index (χ4n) is 3.05. The largest absolute Gasteiger partial charge is 0.459 e. The molecule has 0 atom stereocenters. The highest BCUT2D eigenvalue weighted by atomic mass is 32.1. The van der Waals surface area contributed by atoms with Crippen molar-refractivity contribution in [3.05, 3.63) is 77.4 Å². The average Bonchev–Trinajstić information content (AvgIpc) is 3.58. The van der Waals surface area contributed by atoms with Crippen molar-refractivity contribution in [2.24, 2.45) is 0 Å². The Labute approximate surface area is 188 Å². The summed E-state index contributed by atoms with van der Waals surface area (Å²) in [5.74, 6) is 1.02. The summed E-state index contributed by atoms with van der Waals surface area (Å²) in [5, 5.41) is 11.6. The van der Waals surface area contributed by atoms with Gasteiger partial charge in [-0.25, -0.2) is 0 Å². The molecule has 8 nitrogen and oxygen atoms in total. The average molecular weight is 451 g/mol. The second-order valence-corrected chi connectivity index (χ2v) is 8.01. The van der Waals surface area contributed by atoms with E-state index in [1.165, 1.54) is 6.26 Å². The highest BCUT2D eigenvalue weighted by Gasteiger charge is 2.11. The highest BCUT2D eigenvalue weighted by molar-refractivity contribution is 7.13. The standard InChI is InChI=1S/C23H22N4O4S/c28-22(16-9-11-17(12-10-16)25-23(29)18-6-4-14-30-18)24-13-3-1-2-8-20-26-21(27-31-20)19-7-5-15-32-19/h4-7,9-12,14-15H,1-3,8,13H2,(H,24,28)(H,25,29). The Morgan fingerprint density at radius 2 is 1.84 bits per heavy atom. The van der Waals surface area contributed by atoms with Crippen LogP contribution >= 0.6 is 11.3 Å². The molecule has 0 aliphatic carbocycles. The fraction of sp³-hybridized carbons (Fsp3) is 0.217. The van der Waals surface area contributed by atoms with Gasteiger partial charge in [-0.05, 0) is 60.7 Å². The molecule has 0 bridgehead atoms. The molecule has 0 spiro atoms. The van der Waals surface area contributed by atoms with Crippen molar-refractivity contribution >= 4 is 28.8 Å². The number of carbonyl (C=O) groups excluding carboxylic acids is 2. The second kappa shape index (κ2) is 10.5. The number of aromatic nitrogens is 2. The fourth-order valence-corrected chi connectivity index (χ4v) is 3.70. The number of anilines is 1. The number of thiophene rings is 1. The lowest BCUT2D eigenvalue weighted by molar-refractivity contribution is 0.0952. The van der Waals surface area contributed by atoms with E-state index in [9.17, 15) is 9.59 Å². The molecule has 4 aromatic rings. The minimum Gasteiger partial charge on any atom is -0.459 e. The summed E-state index contributed by atoms with van der Waals surface area (Å²) in [4.78, 5) is 29.7. The number of nitrogens with one attached hydrogen (secondary N) is 2. The van der Waals surface area contributed by atoms with Gasteiger partial charge < -0.3 is 19.6 Å². The van der Waals surface area contributed by atoms with Gasteiger partial charge in [-0.15, -0.1) is 11.3 Å². The zero-order valence-electron chi connectivity index (χ0n) is 17.2. The first-order valence-electron chi connectivity index (χ1n) is 10.3. The minimum absolute atomic E-state index is 0.147. The summed E-state index contributed by atoms with van der Waals surface area (Å²) in [6.07, 6.45) is 4.86. The Hall–Kier alpha value is -3.72. The summed E-state index contributed by atoms with van der Waals surface area (Å²) < 4.78 is 10.3. The van der Waals surface area contributed by atoms with Gasteiger partial charge in [0.15, 0.2) is 5.76 Å². The molecule has 0 radical (unpaired) electrons. The number of carbonyl (C=O) groups is 2. The van der Waals surface area contributed by atoms with Gasteiger partial charge in [0.05, 0.1) is 11.1 Å². The lowest BCUT2D eigenvalue weighted by atomic mass is 10.1. The second-order valence-electron chi connectivity index (χ2n) is 7.06. The molecule has 0 saturated heterocycles. The van der Waals surface area contributed by atoms with Gasteiger partial charge in [0.1, 0.15) is 0 Å². The third-order valence-electron chi connectivity index (χ3n) is 4.71. The predicted molar refractivity (Wildman–Crippen MR) is 121 cm³/mol. The number of aryl methyl sites for hydroxylation is 1. The first-order chi connectivity index (χ1) is 15.7. The van der Waals surface area contributed by atoms with Crippen molar-refractivity contribution in [1.82, 2.24) is 15.5 Å². The van der Waals surface area contributed by atoms with Crippen LogP contribution in [0.2, 0.25) is 0 Å². The number of unbranched alkanes of at least 4 members (excludes halogenated alkanes) is 2. The number of rotatable bonds is 10. The molecule has 2 N–H and O–H groups in total. The van der Waals surface area contributed by atoms with E-state index in [1.54, 1.807) is 47.7 Å². The first-order valence-corrected chi connectivity index (χ1v) is 11.2. The number of amides is 2. The van der Waals surface area contributed by atoms with Crippen LogP contribution < -0.4 is 10.6 Å². The molecule has 3 heterocycles. The molecule has 4 rings (SSSR count). The Morgan fingerprint density at radius 3 is 2.59 bits per heavy atom. The van der Waals surface area contributed by atoms with E-state index in [1.807, 2.05) is 17.5 Å². The summed E-state index contributed by atoms with van der Waals surface area (Å²) in [6.45, 7) is 0.583. The Morgan fingerprint density at radius 1 is 0.969 bits per heavy atom. The Balaban J connectivity index is 1.13. The van der Waals surface area contributed by atoms with Crippen LogP contribution in [0, 0.1) is 0 Å². The van der Waals surface area contributed by atoms with Crippen molar-refractivity contribution in [2.75, 3.05) is 11.9 Å². The topological polar surface area (TPSA) is 110 Å². The smallest absolute Gasteiger partial charge is 0.291 e. The van der Waals surface area contributed by atoms with Crippen LogP contribution in [-0.4, -0.2) is 28.5 Å². The van der Waals surface area contributed by atoms with Crippen LogP contribution in [0.15, 0.2) is 69.1 Å². The molecule has 9 heteroatoms. The van der Waals surface area contributed by atoms with Gasteiger partial charge in [-0.1, -0.05) is 17.6 Å². The molecule has 32 heavy (non-hydrogen) atoms. The normalized spacial score (nSPS) is 10.8. The van der Waals surface area contributed by atoms with Crippen LogP contribution in [0.5, 0.6) is 0 Å². The molecule has 0 fully saturated rings. The molecular formula is C23H22N4O4S. The number of nitrogens with zero attached hydrogens (tertiary/aromatic N) is 2. The Bertz CT molecular complexity index is 1140. The molecule has 3 aromatic heterocycles. The molecule has 0 aliphatic heterocycles. The minimum atomic E-state index is -0.338. The third-order valence-corrected chi connectivity index (χ3v) is 5.58. The highest BCUT2D eigenvalue weighted by Crippen LogP contribution is 2.21. The van der Waals surface area contributed by atoms with Gasteiger partial charge >= 0.3 is 0 Å². The van der Waals surface area contributed by atoms with Crippen LogP contribution in [0.25, 0.3) is 10.7 Å². The van der Waals surface area contributed by atoms with E-state index in [0.717, 1.165) is 30.6 Å². The lowest BCUT2D eigenvalue weighted by Gasteiger charge is -2.07. The van der Waals surface area contributed by atoms with Crippen LogP contribution in [0.4, 0.5) is 5.69 Å². The van der Waals surface area contributed by atoms with Gasteiger partial charge in [0, 0.05) is 24.2 Å². The monoisotopic (exact) mass is 450 g/mol. The van der Waals surface area contributed by atoms with E-state index < -0.39 is 0 Å². The SMILES string of the molecule is O=C(NCCCCCc1nc(-c2cccs2)no1)c1ccc(NC(=O)c2ccco2)cc1. The van der Waals surface area contributed by atoms with Crippen LogP contribution in [0.1, 0.15) is 46.1 Å². The van der Waals surface area contributed by atoms with Gasteiger partial charge in [0.2, 0.25) is 11.7 Å². The van der Waals surface area contributed by atoms with Crippen molar-refractivity contribution in [3.8, 4) is 10.7 Å². The maximum absolute atomic E-state index is 12.3. The number of benzene rings is 1. The molecule has 0 aliphatic rings. The lowest BCUT2D eigenvalue weighted by Crippen LogP contribution is -2.24. The van der Waals surface area contributed by atoms with Crippen LogP contribution in [0.3, 0.4) is 0 Å². The summed E-state index contributed by atoms with van der Waals surface area (Å²) in [6, 6.07) is 13.9. The molecule has 1 aromatic carbocycles. The van der Waals surface area contributed by atoms with E-state index in [2.05, 4.69) is 20.8 Å². The maximum Gasteiger partial charge on any atom is 0.291 e. The maximum atomic E-state index is 12.3. The first kappa shape index (κ1) is 21.5. The number of furan rings is 1. The quantitative estimate of drug-likeness (QED) is 0.336. The van der Waals surface area contributed by atoms with Crippen molar-refractivity contribution < 1.29 is 18.5 Å². The van der Waals surface area contributed by atoms with Crippen molar-refractivity contribution in [2.45, 2.75) is 25.7 Å². The van der Waals surface area contributed by atoms with E-state index in [4.69, 9.17) is 8.94 Å². The molecule has 2 amide bonds. The van der Waals surface area contributed by atoms with E-state index in [-0.39, 0.29) is 17.6 Å². The van der Waals surface area contributed by atoms with Gasteiger partial charge in [-0.2, -0.15) is 4.98 Å². The van der Waals surface area contributed by atoms with Gasteiger partial charge in [-0.3, -0.25) is 9.59 Å². The van der Waals surface area contributed by atoms with E-state index in [0.29, 0.717) is 29.5 Å². The Kier molecular flexibility index (Phi) is 7.08. The number of hydrogen-bond donors (Lipinski definition) is 2. The predicted octanol–water partition coefficient (Wildman–Crippen LogP) is 4.79. The third kappa shape index (κ3) is 5.70. The van der Waals surface area contributed by atoms with E-state index >= 15 is 0 Å². The van der Waals surface area contributed by atoms with Gasteiger partial charge in [0.25, 0.3) is 11.8 Å². The molecule has 0 unspecified atom stereocenters. The molecule has 0 saturated carbocycles. The van der Waals surface area contributed by atoms with Crippen molar-refractivity contribution in [1.29, 1.82) is 0 Å². The summed E-state index contributed by atoms with van der Waals surface area (Å²) in [5.41, 5.74) is 1.12. The van der Waals surface area contributed by atoms with Crippen molar-refractivity contribution in [3.63, 3.8) is 0 Å². The summed E-state index contributed by atoms with van der Waals surface area (Å²) >= 11 is 1.58. The zero-order chi connectivity index (χ0) is 22.2. The molecule has 164 valence electrons. The van der Waals surface area contributed by atoms with Crippen LogP contribution in [-0.2, 0) is 6.42 Å². The molecular weight excluding hydrogens is 428 g/mol. The summed E-state index contributed by atoms with van der Waals surface area (Å²) in [7, 11) is 0. The number of hydrogen-bond acceptors (Lipinski definition) is 7.